The van der Waals surface area contributed by atoms with E-state index in [1.165, 1.54) is 0 Å². The Balaban J connectivity index is 1.85. The standard InChI is InChI=1S/C14H13BrO3S/c15-13-5-4-9(19-13)8-11(16)10-2-1-3-12-14(10)18-7-6-17-12/h1-5,11,16H,6-8H2. The third kappa shape index (κ3) is 2.78. The highest BCUT2D eigenvalue weighted by Gasteiger charge is 2.21. The molecule has 0 radical (unpaired) electrons. The van der Waals surface area contributed by atoms with E-state index in [9.17, 15) is 5.11 Å². The zero-order valence-electron chi connectivity index (χ0n) is 10.1. The van der Waals surface area contributed by atoms with Crippen molar-refractivity contribution in [1.82, 2.24) is 0 Å². The summed E-state index contributed by atoms with van der Waals surface area (Å²) in [7, 11) is 0. The summed E-state index contributed by atoms with van der Waals surface area (Å²) in [5, 5.41) is 10.4. The van der Waals surface area contributed by atoms with Gasteiger partial charge < -0.3 is 14.6 Å². The van der Waals surface area contributed by atoms with Crippen LogP contribution in [0.25, 0.3) is 0 Å². The molecule has 1 aromatic carbocycles. The minimum absolute atomic E-state index is 0.529. The number of fused-ring (bicyclic) bond motifs is 1. The van der Waals surface area contributed by atoms with Gasteiger partial charge in [0.2, 0.25) is 0 Å². The van der Waals surface area contributed by atoms with Gasteiger partial charge in [-0.3, -0.25) is 0 Å². The van der Waals surface area contributed by atoms with E-state index >= 15 is 0 Å². The van der Waals surface area contributed by atoms with Crippen molar-refractivity contribution >= 4 is 27.3 Å². The number of rotatable bonds is 3. The minimum atomic E-state index is -0.581. The molecule has 0 saturated carbocycles. The number of hydrogen-bond donors (Lipinski definition) is 1. The molecule has 1 unspecified atom stereocenters. The molecule has 3 rings (SSSR count). The molecule has 100 valence electrons. The van der Waals surface area contributed by atoms with Crippen molar-refractivity contribution in [3.8, 4) is 11.5 Å². The van der Waals surface area contributed by atoms with Crippen LogP contribution in [0.3, 0.4) is 0 Å². The summed E-state index contributed by atoms with van der Waals surface area (Å²) in [5.74, 6) is 1.40. The molecule has 1 aliphatic rings. The van der Waals surface area contributed by atoms with Crippen molar-refractivity contribution in [3.05, 3.63) is 44.6 Å². The molecule has 1 aliphatic heterocycles. The van der Waals surface area contributed by atoms with Gasteiger partial charge in [-0.2, -0.15) is 0 Å². The monoisotopic (exact) mass is 340 g/mol. The first kappa shape index (κ1) is 13.0. The first-order valence-corrected chi connectivity index (χ1v) is 7.66. The van der Waals surface area contributed by atoms with Gasteiger partial charge in [-0.25, -0.2) is 0 Å². The van der Waals surface area contributed by atoms with Crippen LogP contribution >= 0.6 is 27.3 Å². The second-order valence-corrected chi connectivity index (χ2v) is 6.84. The average molecular weight is 341 g/mol. The predicted molar refractivity (Wildman–Crippen MR) is 78.1 cm³/mol. The number of thiophene rings is 1. The lowest BCUT2D eigenvalue weighted by Gasteiger charge is -2.22. The van der Waals surface area contributed by atoms with Crippen LogP contribution in [0.1, 0.15) is 16.5 Å². The Bertz CT molecular complexity index is 582. The van der Waals surface area contributed by atoms with Crippen molar-refractivity contribution in [2.45, 2.75) is 12.5 Å². The van der Waals surface area contributed by atoms with Gasteiger partial charge in [-0.15, -0.1) is 11.3 Å². The molecule has 0 saturated heterocycles. The maximum absolute atomic E-state index is 10.4. The normalized spacial score (nSPS) is 15.3. The van der Waals surface area contributed by atoms with Crippen molar-refractivity contribution in [2.24, 2.45) is 0 Å². The molecule has 0 aliphatic carbocycles. The van der Waals surface area contributed by atoms with Crippen LogP contribution in [-0.4, -0.2) is 18.3 Å². The SMILES string of the molecule is OC(Cc1ccc(Br)s1)c1cccc2c1OCCO2. The molecule has 0 spiro atoms. The van der Waals surface area contributed by atoms with Crippen LogP contribution in [0, 0.1) is 0 Å². The largest absolute Gasteiger partial charge is 0.486 e. The fourth-order valence-corrected chi connectivity index (χ4v) is 3.64. The lowest BCUT2D eigenvalue weighted by atomic mass is 10.0. The maximum atomic E-state index is 10.4. The molecule has 1 aromatic heterocycles. The van der Waals surface area contributed by atoms with Crippen molar-refractivity contribution in [2.75, 3.05) is 13.2 Å². The van der Waals surface area contributed by atoms with Gasteiger partial charge in [0.25, 0.3) is 0 Å². The maximum Gasteiger partial charge on any atom is 0.167 e. The summed E-state index contributed by atoms with van der Waals surface area (Å²) < 4.78 is 12.2. The minimum Gasteiger partial charge on any atom is -0.486 e. The Kier molecular flexibility index (Phi) is 3.77. The second-order valence-electron chi connectivity index (χ2n) is 4.30. The van der Waals surface area contributed by atoms with E-state index in [2.05, 4.69) is 15.9 Å². The quantitative estimate of drug-likeness (QED) is 0.928. The summed E-state index contributed by atoms with van der Waals surface area (Å²) in [6, 6.07) is 9.65. The summed E-state index contributed by atoms with van der Waals surface area (Å²) in [4.78, 5) is 1.13. The predicted octanol–water partition coefficient (Wildman–Crippen LogP) is 3.56. The fraction of sp³-hybridized carbons (Fsp3) is 0.286. The van der Waals surface area contributed by atoms with Gasteiger partial charge in [-0.1, -0.05) is 12.1 Å². The molecule has 1 N–H and O–H groups in total. The summed E-state index contributed by atoms with van der Waals surface area (Å²) in [6.07, 6.45) is -0.00185. The van der Waals surface area contributed by atoms with E-state index in [4.69, 9.17) is 9.47 Å². The van der Waals surface area contributed by atoms with E-state index in [0.29, 0.717) is 25.4 Å². The van der Waals surface area contributed by atoms with Gasteiger partial charge >= 0.3 is 0 Å². The first-order valence-electron chi connectivity index (χ1n) is 6.05. The molecule has 0 amide bonds. The van der Waals surface area contributed by atoms with E-state index < -0.39 is 6.10 Å². The van der Waals surface area contributed by atoms with Gasteiger partial charge in [-0.05, 0) is 34.1 Å². The van der Waals surface area contributed by atoms with Gasteiger partial charge in [0.1, 0.15) is 13.2 Å². The van der Waals surface area contributed by atoms with Gasteiger partial charge in [0.15, 0.2) is 11.5 Å². The molecular weight excluding hydrogens is 328 g/mol. The van der Waals surface area contributed by atoms with Crippen molar-refractivity contribution in [3.63, 3.8) is 0 Å². The highest BCUT2D eigenvalue weighted by atomic mass is 79.9. The Morgan fingerprint density at radius 2 is 2.05 bits per heavy atom. The molecule has 2 aromatic rings. The number of hydrogen-bond acceptors (Lipinski definition) is 4. The number of benzene rings is 1. The highest BCUT2D eigenvalue weighted by molar-refractivity contribution is 9.11. The van der Waals surface area contributed by atoms with Crippen LogP contribution < -0.4 is 9.47 Å². The molecule has 3 nitrogen and oxygen atoms in total. The Morgan fingerprint density at radius 3 is 2.84 bits per heavy atom. The van der Waals surface area contributed by atoms with Crippen LogP contribution in [0.4, 0.5) is 0 Å². The summed E-state index contributed by atoms with van der Waals surface area (Å²) in [6.45, 7) is 1.09. The van der Waals surface area contributed by atoms with Crippen molar-refractivity contribution in [1.29, 1.82) is 0 Å². The zero-order valence-corrected chi connectivity index (χ0v) is 12.5. The van der Waals surface area contributed by atoms with Crippen LogP contribution in [-0.2, 0) is 6.42 Å². The lowest BCUT2D eigenvalue weighted by molar-refractivity contribution is 0.146. The third-order valence-electron chi connectivity index (χ3n) is 2.98. The number of para-hydroxylation sites is 1. The Hall–Kier alpha value is -1.04. The van der Waals surface area contributed by atoms with Gasteiger partial charge in [0, 0.05) is 16.9 Å². The van der Waals surface area contributed by atoms with E-state index in [0.717, 1.165) is 20.0 Å². The fourth-order valence-electron chi connectivity index (χ4n) is 2.12. The Labute approximate surface area is 123 Å². The van der Waals surface area contributed by atoms with Crippen LogP contribution in [0.2, 0.25) is 0 Å². The number of aliphatic hydroxyl groups excluding tert-OH is 1. The van der Waals surface area contributed by atoms with E-state index in [-0.39, 0.29) is 0 Å². The van der Waals surface area contributed by atoms with E-state index in [1.807, 2.05) is 30.3 Å². The average Bonchev–Trinajstić information content (AvgIpc) is 2.83. The number of halogens is 1. The summed E-state index contributed by atoms with van der Waals surface area (Å²) >= 11 is 5.06. The first-order chi connectivity index (χ1) is 9.24. The molecule has 2 heterocycles. The molecule has 19 heavy (non-hydrogen) atoms. The zero-order chi connectivity index (χ0) is 13.2. The molecule has 0 fully saturated rings. The lowest BCUT2D eigenvalue weighted by Crippen LogP contribution is -2.17. The molecule has 1 atom stereocenters. The van der Waals surface area contributed by atoms with E-state index in [1.54, 1.807) is 11.3 Å². The Morgan fingerprint density at radius 1 is 1.21 bits per heavy atom. The summed E-state index contributed by atoms with van der Waals surface area (Å²) in [5.41, 5.74) is 0.793. The van der Waals surface area contributed by atoms with Crippen LogP contribution in [0.5, 0.6) is 11.5 Å². The number of ether oxygens (including phenoxy) is 2. The topological polar surface area (TPSA) is 38.7 Å². The molecule has 5 heteroatoms. The highest BCUT2D eigenvalue weighted by Crippen LogP contribution is 2.38. The molecule has 0 bridgehead atoms. The van der Waals surface area contributed by atoms with Crippen LogP contribution in [0.15, 0.2) is 34.1 Å². The molecular formula is C14H13BrO3S. The number of aliphatic hydroxyl groups is 1. The third-order valence-corrected chi connectivity index (χ3v) is 4.63. The second kappa shape index (κ2) is 5.53. The van der Waals surface area contributed by atoms with Crippen molar-refractivity contribution < 1.29 is 14.6 Å². The van der Waals surface area contributed by atoms with Gasteiger partial charge in [0.05, 0.1) is 9.89 Å². The smallest absolute Gasteiger partial charge is 0.167 e.